The number of hydrogen-bond donors (Lipinski definition) is 2. The zero-order chi connectivity index (χ0) is 21.5. The first-order valence-electron chi connectivity index (χ1n) is 9.18. The van der Waals surface area contributed by atoms with Crippen LogP contribution in [0.25, 0.3) is 16.7 Å². The second-order valence-electron chi connectivity index (χ2n) is 6.93. The molecule has 154 valence electrons. The Morgan fingerprint density at radius 2 is 1.97 bits per heavy atom. The van der Waals surface area contributed by atoms with Crippen molar-refractivity contribution >= 4 is 22.5 Å². The van der Waals surface area contributed by atoms with Crippen molar-refractivity contribution in [2.75, 3.05) is 5.32 Å². The Hall–Kier alpha value is -3.62. The van der Waals surface area contributed by atoms with Crippen molar-refractivity contribution in [2.24, 2.45) is 0 Å². The van der Waals surface area contributed by atoms with E-state index in [2.05, 4.69) is 20.4 Å². The molecule has 0 radical (unpaired) electrons. The molecule has 0 unspecified atom stereocenters. The summed E-state index contributed by atoms with van der Waals surface area (Å²) in [6, 6.07) is 9.69. The van der Waals surface area contributed by atoms with Gasteiger partial charge in [-0.05, 0) is 44.2 Å². The SMILES string of the molecule is Cc1nn(-c2ccc(C(F)(F)F)cn2)c(C)c1CC(=O)Nc1cccc2[nH]ccc12. The first kappa shape index (κ1) is 19.7. The van der Waals surface area contributed by atoms with E-state index in [4.69, 9.17) is 0 Å². The summed E-state index contributed by atoms with van der Waals surface area (Å²) in [5, 5.41) is 8.18. The fourth-order valence-corrected chi connectivity index (χ4v) is 3.38. The van der Waals surface area contributed by atoms with E-state index in [1.165, 1.54) is 10.7 Å². The number of aromatic amines is 1. The summed E-state index contributed by atoms with van der Waals surface area (Å²) >= 11 is 0. The van der Waals surface area contributed by atoms with E-state index >= 15 is 0 Å². The Morgan fingerprint density at radius 3 is 2.67 bits per heavy atom. The highest BCUT2D eigenvalue weighted by molar-refractivity contribution is 6.01. The summed E-state index contributed by atoms with van der Waals surface area (Å²) in [7, 11) is 0. The maximum absolute atomic E-state index is 12.8. The molecule has 2 N–H and O–H groups in total. The lowest BCUT2D eigenvalue weighted by molar-refractivity contribution is -0.137. The molecule has 1 aromatic carbocycles. The van der Waals surface area contributed by atoms with Crippen LogP contribution < -0.4 is 5.32 Å². The van der Waals surface area contributed by atoms with E-state index in [0.29, 0.717) is 22.6 Å². The summed E-state index contributed by atoms with van der Waals surface area (Å²) in [5.74, 6) is 0.0437. The molecule has 0 fully saturated rings. The number of alkyl halides is 3. The first-order chi connectivity index (χ1) is 14.2. The van der Waals surface area contributed by atoms with Gasteiger partial charge < -0.3 is 10.3 Å². The Morgan fingerprint density at radius 1 is 1.17 bits per heavy atom. The monoisotopic (exact) mass is 413 g/mol. The highest BCUT2D eigenvalue weighted by Gasteiger charge is 2.31. The van der Waals surface area contributed by atoms with Crippen molar-refractivity contribution in [1.82, 2.24) is 19.7 Å². The average molecular weight is 413 g/mol. The maximum atomic E-state index is 12.8. The zero-order valence-corrected chi connectivity index (χ0v) is 16.2. The molecular formula is C21H18F3N5O. The molecule has 0 saturated heterocycles. The van der Waals surface area contributed by atoms with E-state index in [1.54, 1.807) is 20.0 Å². The van der Waals surface area contributed by atoms with Crippen LogP contribution in [0, 0.1) is 13.8 Å². The van der Waals surface area contributed by atoms with Crippen LogP contribution in [0.5, 0.6) is 0 Å². The molecule has 9 heteroatoms. The topological polar surface area (TPSA) is 75.6 Å². The summed E-state index contributed by atoms with van der Waals surface area (Å²) in [6.07, 6.45) is -1.79. The third kappa shape index (κ3) is 3.66. The number of nitrogens with zero attached hydrogens (tertiary/aromatic N) is 3. The van der Waals surface area contributed by atoms with Gasteiger partial charge in [-0.3, -0.25) is 4.79 Å². The molecule has 30 heavy (non-hydrogen) atoms. The van der Waals surface area contributed by atoms with E-state index in [0.717, 1.165) is 23.2 Å². The number of hydrogen-bond acceptors (Lipinski definition) is 3. The molecule has 0 saturated carbocycles. The molecule has 6 nitrogen and oxygen atoms in total. The number of halogens is 3. The molecular weight excluding hydrogens is 395 g/mol. The van der Waals surface area contributed by atoms with Gasteiger partial charge in [-0.25, -0.2) is 9.67 Å². The van der Waals surface area contributed by atoms with Gasteiger partial charge in [-0.15, -0.1) is 0 Å². The van der Waals surface area contributed by atoms with Gasteiger partial charge in [0.05, 0.1) is 23.4 Å². The summed E-state index contributed by atoms with van der Waals surface area (Å²) in [4.78, 5) is 19.6. The third-order valence-corrected chi connectivity index (χ3v) is 4.94. The second-order valence-corrected chi connectivity index (χ2v) is 6.93. The van der Waals surface area contributed by atoms with Crippen molar-refractivity contribution in [2.45, 2.75) is 26.4 Å². The maximum Gasteiger partial charge on any atom is 0.417 e. The van der Waals surface area contributed by atoms with Crippen LogP contribution >= 0.6 is 0 Å². The van der Waals surface area contributed by atoms with Crippen molar-refractivity contribution in [3.8, 4) is 5.82 Å². The van der Waals surface area contributed by atoms with Gasteiger partial charge in [0.2, 0.25) is 5.91 Å². The molecule has 3 aromatic heterocycles. The molecule has 4 rings (SSSR count). The van der Waals surface area contributed by atoms with Gasteiger partial charge in [-0.2, -0.15) is 18.3 Å². The lowest BCUT2D eigenvalue weighted by Crippen LogP contribution is -2.15. The summed E-state index contributed by atoms with van der Waals surface area (Å²) < 4.78 is 39.7. The second kappa shape index (κ2) is 7.33. The molecule has 3 heterocycles. The lowest BCUT2D eigenvalue weighted by Gasteiger charge is -2.09. The number of amides is 1. The number of benzene rings is 1. The molecule has 0 aliphatic heterocycles. The zero-order valence-electron chi connectivity index (χ0n) is 16.2. The molecule has 1 amide bonds. The van der Waals surface area contributed by atoms with Crippen molar-refractivity contribution in [3.05, 3.63) is 71.3 Å². The molecule has 0 bridgehead atoms. The number of H-pyrrole nitrogens is 1. The lowest BCUT2D eigenvalue weighted by atomic mass is 10.1. The Bertz CT molecular complexity index is 1220. The highest BCUT2D eigenvalue weighted by Crippen LogP contribution is 2.29. The predicted octanol–water partition coefficient (Wildman–Crippen LogP) is 4.57. The number of aryl methyl sites for hydroxylation is 1. The van der Waals surface area contributed by atoms with Gasteiger partial charge in [0.25, 0.3) is 0 Å². The van der Waals surface area contributed by atoms with Crippen LogP contribution in [-0.2, 0) is 17.4 Å². The predicted molar refractivity (Wildman–Crippen MR) is 106 cm³/mol. The van der Waals surface area contributed by atoms with E-state index in [9.17, 15) is 18.0 Å². The van der Waals surface area contributed by atoms with Crippen LogP contribution in [0.1, 0.15) is 22.5 Å². The number of rotatable bonds is 4. The summed E-state index contributed by atoms with van der Waals surface area (Å²) in [5.41, 5.74) is 2.76. The van der Waals surface area contributed by atoms with Gasteiger partial charge >= 0.3 is 6.18 Å². The molecule has 0 aliphatic carbocycles. The average Bonchev–Trinajstić information content (AvgIpc) is 3.28. The largest absolute Gasteiger partial charge is 0.417 e. The fourth-order valence-electron chi connectivity index (χ4n) is 3.38. The van der Waals surface area contributed by atoms with Crippen molar-refractivity contribution in [3.63, 3.8) is 0 Å². The van der Waals surface area contributed by atoms with Crippen LogP contribution in [0.2, 0.25) is 0 Å². The van der Waals surface area contributed by atoms with E-state index in [-0.39, 0.29) is 18.1 Å². The number of anilines is 1. The minimum atomic E-state index is -4.45. The van der Waals surface area contributed by atoms with Gasteiger partial charge in [0.1, 0.15) is 0 Å². The molecule has 4 aromatic rings. The van der Waals surface area contributed by atoms with Gasteiger partial charge in [0, 0.05) is 34.6 Å². The summed E-state index contributed by atoms with van der Waals surface area (Å²) in [6.45, 7) is 3.51. The Kier molecular flexibility index (Phi) is 4.81. The van der Waals surface area contributed by atoms with Crippen molar-refractivity contribution in [1.29, 1.82) is 0 Å². The van der Waals surface area contributed by atoms with Gasteiger partial charge in [-0.1, -0.05) is 6.07 Å². The third-order valence-electron chi connectivity index (χ3n) is 4.94. The number of nitrogens with one attached hydrogen (secondary N) is 2. The molecule has 0 aliphatic rings. The van der Waals surface area contributed by atoms with Gasteiger partial charge in [0.15, 0.2) is 5.82 Å². The molecule has 0 spiro atoms. The highest BCUT2D eigenvalue weighted by atomic mass is 19.4. The number of carbonyl (C=O) groups is 1. The number of fused-ring (bicyclic) bond motifs is 1. The van der Waals surface area contributed by atoms with Crippen molar-refractivity contribution < 1.29 is 18.0 Å². The smallest absolute Gasteiger partial charge is 0.361 e. The van der Waals surface area contributed by atoms with E-state index in [1.807, 2.05) is 24.3 Å². The quantitative estimate of drug-likeness (QED) is 0.515. The molecule has 0 atom stereocenters. The minimum Gasteiger partial charge on any atom is -0.361 e. The Balaban J connectivity index is 1.56. The first-order valence-corrected chi connectivity index (χ1v) is 9.18. The van der Waals surface area contributed by atoms with Crippen LogP contribution in [-0.4, -0.2) is 25.7 Å². The minimum absolute atomic E-state index is 0.0825. The number of aromatic nitrogens is 4. The standard InChI is InChI=1S/C21H18F3N5O/c1-12-16(10-20(30)27-18-5-3-4-17-15(18)8-9-25-17)13(2)29(28-12)19-7-6-14(11-26-19)21(22,23)24/h3-9,11,25H,10H2,1-2H3,(H,27,30). The van der Waals surface area contributed by atoms with Crippen LogP contribution in [0.15, 0.2) is 48.8 Å². The number of carbonyl (C=O) groups excluding carboxylic acids is 1. The van der Waals surface area contributed by atoms with Crippen LogP contribution in [0.3, 0.4) is 0 Å². The van der Waals surface area contributed by atoms with Crippen LogP contribution in [0.4, 0.5) is 18.9 Å². The Labute approximate surface area is 169 Å². The normalized spacial score (nSPS) is 11.8. The fraction of sp³-hybridized carbons (Fsp3) is 0.190. The van der Waals surface area contributed by atoms with E-state index < -0.39 is 11.7 Å². The number of pyridine rings is 1.